The van der Waals surface area contributed by atoms with E-state index in [9.17, 15) is 11.8 Å². The predicted molar refractivity (Wildman–Crippen MR) is 285 cm³/mol. The second kappa shape index (κ2) is 13.8. The van der Waals surface area contributed by atoms with E-state index in [0.29, 0.717) is 39.5 Å². The van der Waals surface area contributed by atoms with Gasteiger partial charge in [-0.2, -0.15) is 5.26 Å². The first kappa shape index (κ1) is 37.3. The van der Waals surface area contributed by atoms with Crippen LogP contribution in [-0.2, 0) is 0 Å². The van der Waals surface area contributed by atoms with Crippen LogP contribution in [0, 0.1) is 17.9 Å². The molecule has 0 unspecified atom stereocenters. The number of fused-ring (bicyclic) bond motifs is 14. The summed E-state index contributed by atoms with van der Waals surface area (Å²) < 4.78 is 9.22. The van der Waals surface area contributed by atoms with Crippen molar-refractivity contribution in [3.8, 4) is 39.7 Å². The number of nitriles is 1. The first-order valence-corrected chi connectivity index (χ1v) is 24.0. The summed E-state index contributed by atoms with van der Waals surface area (Å²) in [6.45, 7) is 9.34. The highest BCUT2D eigenvalue weighted by atomic mass is 32.1. The molecule has 15 rings (SSSR count). The molecule has 6 nitrogen and oxygen atoms in total. The minimum Gasteiger partial charge on any atom is -0.305 e. The largest absolute Gasteiger partial charge is 0.305 e. The lowest BCUT2D eigenvalue weighted by molar-refractivity contribution is 1.10. The fourth-order valence-corrected chi connectivity index (χ4v) is 13.7. The first-order chi connectivity index (χ1) is 33.7. The van der Waals surface area contributed by atoms with Crippen molar-refractivity contribution in [3.05, 3.63) is 199 Å². The SMILES string of the molecule is [C-]#[N+]c1c(-c2ccccc2)c(C#N)c(-n2c3c(ccc4c5ccccc5sc43)c3ccc4sc5ccccc5c4c32)c(-c2ccccc2)c1-n1c2nccc3c4ccccc4c4ccnc1c4c32. The van der Waals surface area contributed by atoms with E-state index in [1.54, 1.807) is 22.7 Å². The van der Waals surface area contributed by atoms with Crippen LogP contribution in [0.15, 0.2) is 182 Å². The van der Waals surface area contributed by atoms with Crippen LogP contribution in [0.2, 0.25) is 0 Å². The van der Waals surface area contributed by atoms with Gasteiger partial charge in [0.25, 0.3) is 0 Å². The van der Waals surface area contributed by atoms with Crippen molar-refractivity contribution in [2.45, 2.75) is 0 Å². The molecule has 15 aromatic rings. The fourth-order valence-electron chi connectivity index (χ4n) is 11.4. The average Bonchev–Trinajstić information content (AvgIpc) is 4.16. The molecular formula is C60H30N6S2. The molecule has 0 N–H and O–H groups in total. The molecular weight excluding hydrogens is 869 g/mol. The molecule has 0 atom stereocenters. The number of aromatic nitrogens is 4. The van der Waals surface area contributed by atoms with Gasteiger partial charge in [0.15, 0.2) is 0 Å². The van der Waals surface area contributed by atoms with Gasteiger partial charge in [-0.3, -0.25) is 4.57 Å². The molecule has 0 radical (unpaired) electrons. The summed E-state index contributed by atoms with van der Waals surface area (Å²) in [5.41, 5.74) is 8.47. The standard InChI is InChI=1S/C60H30N6S2/c1-62-53-48(33-14-4-2-5-15-33)44(32-61)55(49(34-16-6-3-7-17-34)57(53)66-59-51-38(28-30-63-59)35-18-8-9-19-36(35)39-29-31-64-60(66)52(39)51)65-54-40(26-27-47-50(54)43-21-11-13-23-46(43)67-47)41-24-25-42-37-20-10-12-22-45(37)68-58(42)56(41)65/h2-31H. The lowest BCUT2D eigenvalue weighted by Gasteiger charge is -2.25. The van der Waals surface area contributed by atoms with Gasteiger partial charge in [0, 0.05) is 80.7 Å². The van der Waals surface area contributed by atoms with E-state index in [-0.39, 0.29) is 0 Å². The maximum atomic E-state index is 12.1. The van der Waals surface area contributed by atoms with Crippen molar-refractivity contribution in [1.29, 1.82) is 5.26 Å². The molecule has 8 heteroatoms. The summed E-state index contributed by atoms with van der Waals surface area (Å²) in [5.74, 6) is 0. The molecule has 0 saturated carbocycles. The number of benzene rings is 9. The third-order valence-electron chi connectivity index (χ3n) is 14.0. The highest BCUT2D eigenvalue weighted by Gasteiger charge is 2.34. The van der Waals surface area contributed by atoms with Crippen LogP contribution in [0.5, 0.6) is 0 Å². The van der Waals surface area contributed by atoms with Gasteiger partial charge < -0.3 is 4.57 Å². The van der Waals surface area contributed by atoms with Gasteiger partial charge in [-0.25, -0.2) is 14.8 Å². The Morgan fingerprint density at radius 2 is 0.985 bits per heavy atom. The maximum absolute atomic E-state index is 12.1. The lowest BCUT2D eigenvalue weighted by Crippen LogP contribution is -2.09. The second-order valence-electron chi connectivity index (χ2n) is 17.3. The molecule has 9 aromatic carbocycles. The van der Waals surface area contributed by atoms with Crippen LogP contribution in [0.3, 0.4) is 0 Å². The molecule has 312 valence electrons. The summed E-state index contributed by atoms with van der Waals surface area (Å²) in [6.07, 6.45) is 3.75. The molecule has 0 saturated heterocycles. The Balaban J connectivity index is 1.27. The van der Waals surface area contributed by atoms with Crippen molar-refractivity contribution < 1.29 is 0 Å². The minimum atomic E-state index is 0.351. The van der Waals surface area contributed by atoms with Gasteiger partial charge in [-0.05, 0) is 63.0 Å². The Hall–Kier alpha value is -8.92. The zero-order valence-corrected chi connectivity index (χ0v) is 37.5. The summed E-state index contributed by atoms with van der Waals surface area (Å²) >= 11 is 3.57. The summed E-state index contributed by atoms with van der Waals surface area (Å²) in [6, 6.07) is 62.2. The smallest absolute Gasteiger partial charge is 0.220 e. The lowest BCUT2D eigenvalue weighted by atomic mass is 9.88. The van der Waals surface area contributed by atoms with Crippen LogP contribution in [0.1, 0.15) is 5.56 Å². The summed E-state index contributed by atoms with van der Waals surface area (Å²) in [4.78, 5) is 15.0. The fraction of sp³-hybridized carbons (Fsp3) is 0. The van der Waals surface area contributed by atoms with E-state index in [0.717, 1.165) is 96.4 Å². The normalized spacial score (nSPS) is 12.1. The third kappa shape index (κ3) is 4.77. The van der Waals surface area contributed by atoms with E-state index >= 15 is 0 Å². The molecule has 0 amide bonds. The summed E-state index contributed by atoms with van der Waals surface area (Å²) in [5, 5.41) is 25.3. The highest BCUT2D eigenvalue weighted by molar-refractivity contribution is 7.27. The Morgan fingerprint density at radius 1 is 0.441 bits per heavy atom. The number of nitrogens with zero attached hydrogens (tertiary/aromatic N) is 6. The first-order valence-electron chi connectivity index (χ1n) is 22.4. The topological polar surface area (TPSA) is 63.8 Å². The zero-order valence-electron chi connectivity index (χ0n) is 35.8. The van der Waals surface area contributed by atoms with Crippen LogP contribution < -0.4 is 0 Å². The van der Waals surface area contributed by atoms with Crippen LogP contribution in [0.25, 0.3) is 144 Å². The quantitative estimate of drug-likeness (QED) is 0.131. The van der Waals surface area contributed by atoms with Crippen molar-refractivity contribution in [2.75, 3.05) is 0 Å². The molecule has 0 aliphatic heterocycles. The van der Waals surface area contributed by atoms with Gasteiger partial charge in [0.2, 0.25) is 5.69 Å². The van der Waals surface area contributed by atoms with Gasteiger partial charge in [0.05, 0.1) is 39.2 Å². The number of rotatable bonds is 4. The molecule has 0 aliphatic rings. The van der Waals surface area contributed by atoms with E-state index in [1.807, 2.05) is 60.9 Å². The van der Waals surface area contributed by atoms with E-state index in [1.165, 1.54) is 14.8 Å². The third-order valence-corrected chi connectivity index (χ3v) is 16.4. The van der Waals surface area contributed by atoms with Gasteiger partial charge in [-0.1, -0.05) is 140 Å². The van der Waals surface area contributed by atoms with Crippen LogP contribution >= 0.6 is 22.7 Å². The number of thiophene rings is 2. The highest BCUT2D eigenvalue weighted by Crippen LogP contribution is 2.55. The second-order valence-corrected chi connectivity index (χ2v) is 19.5. The number of hydrogen-bond donors (Lipinski definition) is 0. The average molecular weight is 899 g/mol. The summed E-state index contributed by atoms with van der Waals surface area (Å²) in [7, 11) is 0. The van der Waals surface area contributed by atoms with Gasteiger partial charge >= 0.3 is 0 Å². The Kier molecular flexibility index (Phi) is 7.58. The van der Waals surface area contributed by atoms with Crippen molar-refractivity contribution in [1.82, 2.24) is 19.1 Å². The molecule has 6 aromatic heterocycles. The number of pyridine rings is 2. The molecule has 6 heterocycles. The minimum absolute atomic E-state index is 0.351. The molecule has 0 bridgehead atoms. The number of hydrogen-bond acceptors (Lipinski definition) is 5. The van der Waals surface area contributed by atoms with Crippen LogP contribution in [-0.4, -0.2) is 19.1 Å². The Morgan fingerprint density at radius 3 is 1.63 bits per heavy atom. The van der Waals surface area contributed by atoms with E-state index < -0.39 is 0 Å². The van der Waals surface area contributed by atoms with Crippen molar-refractivity contribution in [3.63, 3.8) is 0 Å². The Bertz CT molecular complexity index is 4670. The van der Waals surface area contributed by atoms with Crippen molar-refractivity contribution >= 4 is 134 Å². The predicted octanol–water partition coefficient (Wildman–Crippen LogP) is 16.9. The zero-order chi connectivity index (χ0) is 44.8. The molecule has 68 heavy (non-hydrogen) atoms. The van der Waals surface area contributed by atoms with Gasteiger partial charge in [0.1, 0.15) is 17.4 Å². The molecule has 0 spiro atoms. The van der Waals surface area contributed by atoms with E-state index in [4.69, 9.17) is 9.97 Å². The van der Waals surface area contributed by atoms with E-state index in [2.05, 4.69) is 141 Å². The molecule has 0 fully saturated rings. The molecule has 0 aliphatic carbocycles. The maximum Gasteiger partial charge on any atom is 0.220 e. The van der Waals surface area contributed by atoms with Gasteiger partial charge in [-0.15, -0.1) is 22.7 Å². The monoisotopic (exact) mass is 898 g/mol. The Labute approximate surface area is 395 Å². The van der Waals surface area contributed by atoms with Crippen LogP contribution in [0.4, 0.5) is 5.69 Å². The van der Waals surface area contributed by atoms with Crippen molar-refractivity contribution in [2.24, 2.45) is 0 Å².